The maximum Gasteiger partial charge on any atom is 0.0667 e. The predicted molar refractivity (Wildman–Crippen MR) is 69.5 cm³/mol. The van der Waals surface area contributed by atoms with E-state index in [0.29, 0.717) is 17.4 Å². The molecule has 0 amide bonds. The van der Waals surface area contributed by atoms with Crippen molar-refractivity contribution in [3.8, 4) is 0 Å². The minimum Gasteiger partial charge on any atom is -0.392 e. The van der Waals surface area contributed by atoms with Crippen LogP contribution < -0.4 is 5.32 Å². The lowest BCUT2D eigenvalue weighted by Crippen LogP contribution is -2.41. The average Bonchev–Trinajstić information content (AvgIpc) is 2.12. The summed E-state index contributed by atoms with van der Waals surface area (Å²) in [5, 5.41) is 13.4. The fourth-order valence-electron chi connectivity index (χ4n) is 2.80. The summed E-state index contributed by atoms with van der Waals surface area (Å²) in [6, 6.07) is 0.616. The zero-order valence-corrected chi connectivity index (χ0v) is 11.4. The molecular weight excluding hydrogens is 198 g/mol. The molecule has 1 aliphatic carbocycles. The SMILES string of the molecule is CC(C)CC(O)CNC1CCCC(C)(C)C1. The molecule has 0 aromatic heterocycles. The molecule has 2 nitrogen and oxygen atoms in total. The van der Waals surface area contributed by atoms with Gasteiger partial charge in [-0.25, -0.2) is 0 Å². The minimum atomic E-state index is -0.176. The van der Waals surface area contributed by atoms with Crippen LogP contribution in [0.2, 0.25) is 0 Å². The van der Waals surface area contributed by atoms with Gasteiger partial charge in [0.05, 0.1) is 6.10 Å². The summed E-state index contributed by atoms with van der Waals surface area (Å²) in [7, 11) is 0. The highest BCUT2D eigenvalue weighted by Crippen LogP contribution is 2.34. The maximum absolute atomic E-state index is 9.82. The Morgan fingerprint density at radius 1 is 1.38 bits per heavy atom. The Kier molecular flexibility index (Phi) is 5.26. The molecule has 0 spiro atoms. The first kappa shape index (κ1) is 14.0. The third-order valence-electron chi connectivity index (χ3n) is 3.59. The van der Waals surface area contributed by atoms with Crippen LogP contribution in [0.25, 0.3) is 0 Å². The fourth-order valence-corrected chi connectivity index (χ4v) is 2.80. The Balaban J connectivity index is 2.22. The van der Waals surface area contributed by atoms with Crippen LogP contribution in [-0.2, 0) is 0 Å². The molecule has 2 unspecified atom stereocenters. The van der Waals surface area contributed by atoms with E-state index in [9.17, 15) is 5.11 Å². The average molecular weight is 227 g/mol. The van der Waals surface area contributed by atoms with Crippen LogP contribution in [0.1, 0.15) is 59.8 Å². The van der Waals surface area contributed by atoms with E-state index in [4.69, 9.17) is 0 Å². The van der Waals surface area contributed by atoms with Gasteiger partial charge in [-0.2, -0.15) is 0 Å². The van der Waals surface area contributed by atoms with Crippen LogP contribution in [0.5, 0.6) is 0 Å². The van der Waals surface area contributed by atoms with E-state index in [1.165, 1.54) is 25.7 Å². The Labute approximate surface area is 101 Å². The van der Waals surface area contributed by atoms with E-state index in [-0.39, 0.29) is 6.10 Å². The Morgan fingerprint density at radius 2 is 2.06 bits per heavy atom. The molecule has 1 saturated carbocycles. The van der Waals surface area contributed by atoms with Gasteiger partial charge in [0.25, 0.3) is 0 Å². The third-order valence-corrected chi connectivity index (χ3v) is 3.59. The van der Waals surface area contributed by atoms with Crippen LogP contribution in [-0.4, -0.2) is 23.8 Å². The van der Waals surface area contributed by atoms with Crippen molar-refractivity contribution < 1.29 is 5.11 Å². The summed E-state index contributed by atoms with van der Waals surface area (Å²) in [5.74, 6) is 0.583. The van der Waals surface area contributed by atoms with Crippen molar-refractivity contribution in [1.29, 1.82) is 0 Å². The number of aliphatic hydroxyl groups is 1. The zero-order valence-electron chi connectivity index (χ0n) is 11.4. The van der Waals surface area contributed by atoms with Gasteiger partial charge in [0.1, 0.15) is 0 Å². The molecule has 0 aromatic carbocycles. The highest BCUT2D eigenvalue weighted by atomic mass is 16.3. The summed E-state index contributed by atoms with van der Waals surface area (Å²) >= 11 is 0. The highest BCUT2D eigenvalue weighted by Gasteiger charge is 2.27. The second-order valence-corrected chi connectivity index (χ2v) is 6.65. The fraction of sp³-hybridized carbons (Fsp3) is 1.00. The summed E-state index contributed by atoms with van der Waals surface area (Å²) in [5.41, 5.74) is 0.485. The Morgan fingerprint density at radius 3 is 2.62 bits per heavy atom. The predicted octanol–water partition coefficient (Wildman–Crippen LogP) is 2.95. The van der Waals surface area contributed by atoms with Crippen molar-refractivity contribution in [3.63, 3.8) is 0 Å². The molecule has 2 N–H and O–H groups in total. The molecule has 0 aromatic rings. The molecule has 1 fully saturated rings. The number of hydrogen-bond donors (Lipinski definition) is 2. The van der Waals surface area contributed by atoms with Crippen molar-refractivity contribution in [2.75, 3.05) is 6.54 Å². The minimum absolute atomic E-state index is 0.176. The Bertz CT molecular complexity index is 201. The molecule has 0 radical (unpaired) electrons. The van der Waals surface area contributed by atoms with Gasteiger partial charge in [-0.05, 0) is 37.0 Å². The molecule has 0 bridgehead atoms. The van der Waals surface area contributed by atoms with Crippen LogP contribution in [0.15, 0.2) is 0 Å². The van der Waals surface area contributed by atoms with E-state index >= 15 is 0 Å². The highest BCUT2D eigenvalue weighted by molar-refractivity contribution is 4.83. The van der Waals surface area contributed by atoms with Gasteiger partial charge < -0.3 is 10.4 Å². The van der Waals surface area contributed by atoms with Crippen LogP contribution >= 0.6 is 0 Å². The zero-order chi connectivity index (χ0) is 12.2. The van der Waals surface area contributed by atoms with Crippen molar-refractivity contribution >= 4 is 0 Å². The van der Waals surface area contributed by atoms with Crippen LogP contribution in [0.4, 0.5) is 0 Å². The molecule has 0 heterocycles. The first-order valence-corrected chi connectivity index (χ1v) is 6.80. The molecule has 1 aliphatic rings. The molecule has 0 aliphatic heterocycles. The van der Waals surface area contributed by atoms with Crippen molar-refractivity contribution in [2.45, 2.75) is 71.9 Å². The second-order valence-electron chi connectivity index (χ2n) is 6.65. The number of nitrogens with one attached hydrogen (secondary N) is 1. The van der Waals surface area contributed by atoms with Crippen molar-refractivity contribution in [1.82, 2.24) is 5.32 Å². The number of aliphatic hydroxyl groups excluding tert-OH is 1. The third kappa shape index (κ3) is 5.31. The lowest BCUT2D eigenvalue weighted by atomic mass is 9.75. The van der Waals surface area contributed by atoms with E-state index < -0.39 is 0 Å². The standard InChI is InChI=1S/C14H29NO/c1-11(2)8-13(16)10-15-12-6-5-7-14(3,4)9-12/h11-13,15-16H,5-10H2,1-4H3. The number of rotatable bonds is 5. The van der Waals surface area contributed by atoms with Crippen molar-refractivity contribution in [3.05, 3.63) is 0 Å². The van der Waals surface area contributed by atoms with Crippen LogP contribution in [0, 0.1) is 11.3 Å². The normalized spacial score (nSPS) is 27.0. The quantitative estimate of drug-likeness (QED) is 0.757. The molecule has 16 heavy (non-hydrogen) atoms. The smallest absolute Gasteiger partial charge is 0.0667 e. The summed E-state index contributed by atoms with van der Waals surface area (Å²) in [6.07, 6.45) is 5.93. The van der Waals surface area contributed by atoms with Crippen molar-refractivity contribution in [2.24, 2.45) is 11.3 Å². The summed E-state index contributed by atoms with van der Waals surface area (Å²) in [4.78, 5) is 0. The molecule has 2 heteroatoms. The lowest BCUT2D eigenvalue weighted by Gasteiger charge is -2.36. The maximum atomic E-state index is 9.82. The molecule has 96 valence electrons. The van der Waals surface area contributed by atoms with Gasteiger partial charge in [-0.15, -0.1) is 0 Å². The molecule has 2 atom stereocenters. The molecule has 0 saturated heterocycles. The van der Waals surface area contributed by atoms with Gasteiger partial charge in [0.15, 0.2) is 0 Å². The number of hydrogen-bond acceptors (Lipinski definition) is 2. The Hall–Kier alpha value is -0.0800. The van der Waals surface area contributed by atoms with Gasteiger partial charge >= 0.3 is 0 Å². The van der Waals surface area contributed by atoms with Gasteiger partial charge in [-0.3, -0.25) is 0 Å². The molecular formula is C14H29NO. The molecule has 1 rings (SSSR count). The summed E-state index contributed by atoms with van der Waals surface area (Å²) in [6.45, 7) is 9.79. The van der Waals surface area contributed by atoms with E-state index in [1.54, 1.807) is 0 Å². The van der Waals surface area contributed by atoms with Gasteiger partial charge in [-0.1, -0.05) is 34.1 Å². The first-order chi connectivity index (χ1) is 7.39. The van der Waals surface area contributed by atoms with E-state index in [0.717, 1.165) is 13.0 Å². The summed E-state index contributed by atoms with van der Waals surface area (Å²) < 4.78 is 0. The largest absolute Gasteiger partial charge is 0.392 e. The van der Waals surface area contributed by atoms with E-state index in [1.807, 2.05) is 0 Å². The lowest BCUT2D eigenvalue weighted by molar-refractivity contribution is 0.128. The van der Waals surface area contributed by atoms with Crippen LogP contribution in [0.3, 0.4) is 0 Å². The first-order valence-electron chi connectivity index (χ1n) is 6.80. The van der Waals surface area contributed by atoms with E-state index in [2.05, 4.69) is 33.0 Å². The topological polar surface area (TPSA) is 32.3 Å². The van der Waals surface area contributed by atoms with Gasteiger partial charge in [0.2, 0.25) is 0 Å². The second kappa shape index (κ2) is 6.02. The van der Waals surface area contributed by atoms with Gasteiger partial charge in [0, 0.05) is 12.6 Å². The monoisotopic (exact) mass is 227 g/mol.